The van der Waals surface area contributed by atoms with Gasteiger partial charge in [0.05, 0.1) is 18.9 Å². The molecule has 0 fully saturated rings. The molecule has 3 N–H and O–H groups in total. The first-order valence-corrected chi connectivity index (χ1v) is 7.94. The summed E-state index contributed by atoms with van der Waals surface area (Å²) in [5.74, 6) is 0.524. The molecule has 124 valence electrons. The van der Waals surface area contributed by atoms with Gasteiger partial charge in [-0.05, 0) is 54.7 Å². The quantitative estimate of drug-likeness (QED) is 0.260. The fraction of sp³-hybridized carbons (Fsp3) is 0.0625. The largest absolute Gasteiger partial charge is 0.497 e. The molecular formula is C16H14BrN3O3S. The maximum atomic E-state index is 12.3. The third-order valence-electron chi connectivity index (χ3n) is 2.88. The highest BCUT2D eigenvalue weighted by atomic mass is 79.9. The monoisotopic (exact) mass is 407 g/mol. The fourth-order valence-electron chi connectivity index (χ4n) is 1.76. The highest BCUT2D eigenvalue weighted by Crippen LogP contribution is 2.23. The second-order valence-electron chi connectivity index (χ2n) is 4.53. The summed E-state index contributed by atoms with van der Waals surface area (Å²) >= 11 is 8.03. The Bertz CT molecular complexity index is 779. The van der Waals surface area contributed by atoms with Gasteiger partial charge in [0.2, 0.25) is 0 Å². The Kier molecular flexibility index (Phi) is 6.28. The first kappa shape index (κ1) is 17.9. The molecule has 24 heavy (non-hydrogen) atoms. The van der Waals surface area contributed by atoms with Gasteiger partial charge in [-0.25, -0.2) is 4.79 Å². The standard InChI is InChI=1S/C16H14BrN3O3S/c1-22-13-5-2-10(3-6-13)15(21)23-14-7-4-12(17)8-11(14)9-19-20-16(18)24/h2-9H,1H3,(H3,18,20,24)/b19-9+. The first-order chi connectivity index (χ1) is 11.5. The van der Waals surface area contributed by atoms with Crippen molar-refractivity contribution in [2.24, 2.45) is 10.8 Å². The van der Waals surface area contributed by atoms with E-state index in [1.165, 1.54) is 6.21 Å². The number of hydrogen-bond donors (Lipinski definition) is 2. The van der Waals surface area contributed by atoms with Gasteiger partial charge in [0, 0.05) is 10.0 Å². The van der Waals surface area contributed by atoms with Crippen molar-refractivity contribution >= 4 is 45.4 Å². The topological polar surface area (TPSA) is 85.9 Å². The number of carbonyl (C=O) groups excluding carboxylic acids is 1. The molecule has 0 radical (unpaired) electrons. The molecule has 2 rings (SSSR count). The van der Waals surface area contributed by atoms with Crippen molar-refractivity contribution in [1.29, 1.82) is 0 Å². The van der Waals surface area contributed by atoms with Gasteiger partial charge in [0.1, 0.15) is 11.5 Å². The zero-order valence-electron chi connectivity index (χ0n) is 12.7. The number of hydrogen-bond acceptors (Lipinski definition) is 5. The number of rotatable bonds is 5. The minimum Gasteiger partial charge on any atom is -0.497 e. The molecule has 0 spiro atoms. The van der Waals surface area contributed by atoms with Crippen LogP contribution in [0.2, 0.25) is 0 Å². The lowest BCUT2D eigenvalue weighted by Crippen LogP contribution is -2.24. The van der Waals surface area contributed by atoms with Gasteiger partial charge in [-0.1, -0.05) is 15.9 Å². The van der Waals surface area contributed by atoms with Crippen molar-refractivity contribution in [2.75, 3.05) is 7.11 Å². The number of methoxy groups -OCH3 is 1. The van der Waals surface area contributed by atoms with E-state index in [1.807, 2.05) is 0 Å². The summed E-state index contributed by atoms with van der Waals surface area (Å²) in [6.07, 6.45) is 1.46. The highest BCUT2D eigenvalue weighted by Gasteiger charge is 2.11. The van der Waals surface area contributed by atoms with E-state index in [0.717, 1.165) is 4.47 Å². The average molecular weight is 408 g/mol. The van der Waals surface area contributed by atoms with Crippen LogP contribution < -0.4 is 20.6 Å². The van der Waals surface area contributed by atoms with Gasteiger partial charge in [-0.15, -0.1) is 0 Å². The van der Waals surface area contributed by atoms with E-state index in [1.54, 1.807) is 49.6 Å². The van der Waals surface area contributed by atoms with E-state index in [2.05, 4.69) is 38.7 Å². The molecule has 8 heteroatoms. The van der Waals surface area contributed by atoms with Gasteiger partial charge in [-0.3, -0.25) is 5.43 Å². The van der Waals surface area contributed by atoms with Crippen LogP contribution in [-0.2, 0) is 0 Å². The number of hydrazone groups is 1. The number of ether oxygens (including phenoxy) is 2. The van der Waals surface area contributed by atoms with Crippen molar-refractivity contribution in [3.63, 3.8) is 0 Å². The van der Waals surface area contributed by atoms with Crippen LogP contribution in [0.15, 0.2) is 52.0 Å². The van der Waals surface area contributed by atoms with Crippen LogP contribution in [0.1, 0.15) is 15.9 Å². The van der Waals surface area contributed by atoms with Gasteiger partial charge in [-0.2, -0.15) is 5.10 Å². The molecule has 0 atom stereocenters. The van der Waals surface area contributed by atoms with E-state index in [4.69, 9.17) is 15.2 Å². The molecule has 0 heterocycles. The number of halogens is 1. The highest BCUT2D eigenvalue weighted by molar-refractivity contribution is 9.10. The lowest BCUT2D eigenvalue weighted by molar-refractivity contribution is 0.0734. The minimum atomic E-state index is -0.489. The summed E-state index contributed by atoms with van der Waals surface area (Å²) in [6, 6.07) is 11.8. The van der Waals surface area contributed by atoms with Crippen molar-refractivity contribution in [3.05, 3.63) is 58.1 Å². The van der Waals surface area contributed by atoms with Gasteiger partial charge in [0.15, 0.2) is 5.11 Å². The normalized spacial score (nSPS) is 10.4. The molecule has 0 saturated carbocycles. The van der Waals surface area contributed by atoms with Crippen LogP contribution in [0, 0.1) is 0 Å². The zero-order chi connectivity index (χ0) is 17.5. The summed E-state index contributed by atoms with van der Waals surface area (Å²) in [6.45, 7) is 0. The first-order valence-electron chi connectivity index (χ1n) is 6.74. The molecule has 0 saturated heterocycles. The molecule has 2 aromatic rings. The van der Waals surface area contributed by atoms with E-state index >= 15 is 0 Å². The number of esters is 1. The van der Waals surface area contributed by atoms with E-state index in [-0.39, 0.29) is 5.11 Å². The summed E-state index contributed by atoms with van der Waals surface area (Å²) in [4.78, 5) is 12.3. The molecule has 0 amide bonds. The van der Waals surface area contributed by atoms with E-state index in [9.17, 15) is 4.79 Å². The van der Waals surface area contributed by atoms with Gasteiger partial charge >= 0.3 is 5.97 Å². The maximum Gasteiger partial charge on any atom is 0.343 e. The summed E-state index contributed by atoms with van der Waals surface area (Å²) in [5.41, 5.74) is 8.74. The number of benzene rings is 2. The number of thiocarbonyl (C=S) groups is 1. The summed E-state index contributed by atoms with van der Waals surface area (Å²) < 4.78 is 11.3. The fourth-order valence-corrected chi connectivity index (χ4v) is 2.20. The average Bonchev–Trinajstić information content (AvgIpc) is 2.57. The van der Waals surface area contributed by atoms with Crippen LogP contribution in [0.5, 0.6) is 11.5 Å². The Morgan fingerprint density at radius 1 is 1.29 bits per heavy atom. The molecule has 0 aliphatic rings. The molecule has 2 aromatic carbocycles. The SMILES string of the molecule is COc1ccc(C(=O)Oc2ccc(Br)cc2/C=N/NC(N)=S)cc1. The van der Waals surface area contributed by atoms with Crippen molar-refractivity contribution in [3.8, 4) is 11.5 Å². The third-order valence-corrected chi connectivity index (χ3v) is 3.46. The molecule has 6 nitrogen and oxygen atoms in total. The van der Waals surface area contributed by atoms with Gasteiger partial charge < -0.3 is 15.2 Å². The predicted octanol–water partition coefficient (Wildman–Crippen LogP) is 2.84. The third kappa shape index (κ3) is 5.04. The van der Waals surface area contributed by atoms with E-state index in [0.29, 0.717) is 22.6 Å². The summed E-state index contributed by atoms with van der Waals surface area (Å²) in [5, 5.41) is 3.92. The Morgan fingerprint density at radius 3 is 2.62 bits per heavy atom. The molecule has 0 aliphatic heterocycles. The van der Waals surface area contributed by atoms with Crippen LogP contribution in [0.4, 0.5) is 0 Å². The number of nitrogens with two attached hydrogens (primary N) is 1. The number of carbonyl (C=O) groups is 1. The lowest BCUT2D eigenvalue weighted by Gasteiger charge is -2.08. The van der Waals surface area contributed by atoms with Crippen LogP contribution >= 0.6 is 28.1 Å². The molecule has 0 bridgehead atoms. The molecule has 0 aromatic heterocycles. The Hall–Kier alpha value is -2.45. The van der Waals surface area contributed by atoms with Crippen molar-refractivity contribution < 1.29 is 14.3 Å². The number of nitrogens with zero attached hydrogens (tertiary/aromatic N) is 1. The smallest absolute Gasteiger partial charge is 0.343 e. The Morgan fingerprint density at radius 2 is 2.00 bits per heavy atom. The number of nitrogens with one attached hydrogen (secondary N) is 1. The van der Waals surface area contributed by atoms with Crippen LogP contribution in [-0.4, -0.2) is 24.4 Å². The molecule has 0 unspecified atom stereocenters. The second kappa shape index (κ2) is 8.42. The lowest BCUT2D eigenvalue weighted by atomic mass is 10.2. The maximum absolute atomic E-state index is 12.3. The van der Waals surface area contributed by atoms with Crippen molar-refractivity contribution in [2.45, 2.75) is 0 Å². The van der Waals surface area contributed by atoms with Gasteiger partial charge in [0.25, 0.3) is 0 Å². The van der Waals surface area contributed by atoms with E-state index < -0.39 is 5.97 Å². The minimum absolute atomic E-state index is 0.0398. The Labute approximate surface area is 152 Å². The predicted molar refractivity (Wildman–Crippen MR) is 99.6 cm³/mol. The Balaban J connectivity index is 2.19. The van der Waals surface area contributed by atoms with Crippen LogP contribution in [0.3, 0.4) is 0 Å². The summed E-state index contributed by atoms with van der Waals surface area (Å²) in [7, 11) is 1.56. The van der Waals surface area contributed by atoms with Crippen molar-refractivity contribution in [1.82, 2.24) is 5.43 Å². The molecular weight excluding hydrogens is 394 g/mol. The molecule has 0 aliphatic carbocycles. The zero-order valence-corrected chi connectivity index (χ0v) is 15.1. The van der Waals surface area contributed by atoms with Crippen LogP contribution in [0.25, 0.3) is 0 Å². The second-order valence-corrected chi connectivity index (χ2v) is 5.89.